The van der Waals surface area contributed by atoms with E-state index >= 15 is 0 Å². The maximum atomic E-state index is 12.9. The summed E-state index contributed by atoms with van der Waals surface area (Å²) in [6, 6.07) is -0.430. The van der Waals surface area contributed by atoms with Crippen molar-refractivity contribution in [3.8, 4) is 0 Å². The first kappa shape index (κ1) is 17.3. The molecule has 1 saturated carbocycles. The fourth-order valence-corrected chi connectivity index (χ4v) is 2.59. The van der Waals surface area contributed by atoms with Crippen LogP contribution >= 0.6 is 0 Å². The molecule has 0 aromatic heterocycles. The van der Waals surface area contributed by atoms with Crippen molar-refractivity contribution in [3.63, 3.8) is 0 Å². The van der Waals surface area contributed by atoms with Gasteiger partial charge in [0.2, 0.25) is 5.91 Å². The maximum Gasteiger partial charge on any atom is 0.393 e. The summed E-state index contributed by atoms with van der Waals surface area (Å²) < 4.78 is 38.6. The zero-order chi connectivity index (χ0) is 15.2. The zero-order valence-electron chi connectivity index (χ0n) is 12.2. The average Bonchev–Trinajstić information content (AvgIpc) is 2.38. The van der Waals surface area contributed by atoms with Crippen LogP contribution in [0.2, 0.25) is 0 Å². The maximum absolute atomic E-state index is 12.9. The number of rotatable bonds is 6. The Hall–Kier alpha value is -0.780. The van der Waals surface area contributed by atoms with Crippen molar-refractivity contribution in [2.24, 2.45) is 5.92 Å². The lowest BCUT2D eigenvalue weighted by molar-refractivity contribution is -0.188. The molecule has 118 valence electrons. The predicted octanol–water partition coefficient (Wildman–Crippen LogP) is 3.00. The van der Waals surface area contributed by atoms with Crippen LogP contribution < -0.4 is 10.6 Å². The molecule has 0 bridgehead atoms. The molecule has 0 radical (unpaired) electrons. The molecule has 1 aliphatic rings. The second kappa shape index (κ2) is 7.86. The van der Waals surface area contributed by atoms with Crippen molar-refractivity contribution in [2.75, 3.05) is 6.54 Å². The molecule has 0 aliphatic heterocycles. The third-order valence-electron chi connectivity index (χ3n) is 3.96. The molecule has 1 rings (SSSR count). The third kappa shape index (κ3) is 5.69. The summed E-state index contributed by atoms with van der Waals surface area (Å²) in [5.41, 5.74) is 0. The predicted molar refractivity (Wildman–Crippen MR) is 72.3 cm³/mol. The zero-order valence-corrected chi connectivity index (χ0v) is 12.2. The van der Waals surface area contributed by atoms with Gasteiger partial charge in [-0.1, -0.05) is 19.8 Å². The molecule has 0 aromatic rings. The topological polar surface area (TPSA) is 41.1 Å². The van der Waals surface area contributed by atoms with Gasteiger partial charge in [0, 0.05) is 25.0 Å². The van der Waals surface area contributed by atoms with Gasteiger partial charge in [-0.2, -0.15) is 13.2 Å². The van der Waals surface area contributed by atoms with Crippen molar-refractivity contribution in [1.29, 1.82) is 0 Å². The van der Waals surface area contributed by atoms with E-state index in [4.69, 9.17) is 0 Å². The Morgan fingerprint density at radius 1 is 1.30 bits per heavy atom. The molecule has 2 N–H and O–H groups in total. The number of hydrogen-bond donors (Lipinski definition) is 2. The number of halogens is 3. The number of carbonyl (C=O) groups is 1. The molecule has 1 amide bonds. The summed E-state index contributed by atoms with van der Waals surface area (Å²) in [7, 11) is 0. The molecule has 0 saturated heterocycles. The molecule has 0 heterocycles. The number of alkyl halides is 3. The Labute approximate surface area is 118 Å². The second-order valence-corrected chi connectivity index (χ2v) is 5.62. The van der Waals surface area contributed by atoms with Gasteiger partial charge >= 0.3 is 6.18 Å². The summed E-state index contributed by atoms with van der Waals surface area (Å²) >= 11 is 0. The van der Waals surface area contributed by atoms with Crippen LogP contribution in [0.5, 0.6) is 0 Å². The molecule has 20 heavy (non-hydrogen) atoms. The SMILES string of the molecule is CCC(C)NC(=O)CCNC1CCCCC1C(F)(F)F. The first-order valence-corrected chi connectivity index (χ1v) is 7.44. The van der Waals surface area contributed by atoms with Crippen molar-refractivity contribution in [2.45, 2.75) is 70.6 Å². The smallest absolute Gasteiger partial charge is 0.354 e. The summed E-state index contributed by atoms with van der Waals surface area (Å²) in [5.74, 6) is -1.37. The van der Waals surface area contributed by atoms with Crippen molar-refractivity contribution < 1.29 is 18.0 Å². The van der Waals surface area contributed by atoms with E-state index in [0.717, 1.165) is 12.8 Å². The van der Waals surface area contributed by atoms with Gasteiger partial charge in [0.1, 0.15) is 0 Å². The van der Waals surface area contributed by atoms with Gasteiger partial charge in [0.05, 0.1) is 5.92 Å². The van der Waals surface area contributed by atoms with Gasteiger partial charge in [-0.25, -0.2) is 0 Å². The van der Waals surface area contributed by atoms with Crippen molar-refractivity contribution in [1.82, 2.24) is 10.6 Å². The van der Waals surface area contributed by atoms with Crippen LogP contribution in [0.4, 0.5) is 13.2 Å². The summed E-state index contributed by atoms with van der Waals surface area (Å²) in [6.07, 6.45) is -0.877. The summed E-state index contributed by atoms with van der Waals surface area (Å²) in [6.45, 7) is 4.19. The largest absolute Gasteiger partial charge is 0.393 e. The van der Waals surface area contributed by atoms with Crippen LogP contribution in [0.1, 0.15) is 52.4 Å². The molecule has 3 nitrogen and oxygen atoms in total. The van der Waals surface area contributed by atoms with Crippen LogP contribution in [0.25, 0.3) is 0 Å². The van der Waals surface area contributed by atoms with E-state index in [1.807, 2.05) is 13.8 Å². The van der Waals surface area contributed by atoms with Gasteiger partial charge < -0.3 is 10.6 Å². The highest BCUT2D eigenvalue weighted by Gasteiger charge is 2.45. The standard InChI is InChI=1S/C14H25F3N2O/c1-3-10(2)19-13(20)8-9-18-12-7-5-4-6-11(12)14(15,16)17/h10-12,18H,3-9H2,1-2H3,(H,19,20). The van der Waals surface area contributed by atoms with E-state index in [1.54, 1.807) is 0 Å². The van der Waals surface area contributed by atoms with E-state index < -0.39 is 18.1 Å². The van der Waals surface area contributed by atoms with E-state index in [9.17, 15) is 18.0 Å². The van der Waals surface area contributed by atoms with E-state index in [2.05, 4.69) is 10.6 Å². The fourth-order valence-electron chi connectivity index (χ4n) is 2.59. The lowest BCUT2D eigenvalue weighted by Crippen LogP contribution is -2.46. The van der Waals surface area contributed by atoms with E-state index in [-0.39, 0.29) is 24.8 Å². The molecule has 0 spiro atoms. The third-order valence-corrected chi connectivity index (χ3v) is 3.96. The summed E-state index contributed by atoms with van der Waals surface area (Å²) in [5, 5.41) is 5.73. The number of carbonyl (C=O) groups excluding carboxylic acids is 1. The van der Waals surface area contributed by atoms with Crippen LogP contribution in [0.15, 0.2) is 0 Å². The van der Waals surface area contributed by atoms with Crippen molar-refractivity contribution in [3.05, 3.63) is 0 Å². The van der Waals surface area contributed by atoms with Gasteiger partial charge in [0.25, 0.3) is 0 Å². The minimum absolute atomic E-state index is 0.105. The molecule has 3 atom stereocenters. The molecule has 1 fully saturated rings. The lowest BCUT2D eigenvalue weighted by atomic mass is 9.84. The minimum Gasteiger partial charge on any atom is -0.354 e. The van der Waals surface area contributed by atoms with Gasteiger partial charge in [-0.3, -0.25) is 4.79 Å². The van der Waals surface area contributed by atoms with Gasteiger partial charge in [-0.15, -0.1) is 0 Å². The number of amides is 1. The normalized spacial score (nSPS) is 25.2. The first-order valence-electron chi connectivity index (χ1n) is 7.44. The molecule has 1 aliphatic carbocycles. The number of nitrogens with one attached hydrogen (secondary N) is 2. The summed E-state index contributed by atoms with van der Waals surface area (Å²) in [4.78, 5) is 11.6. The number of hydrogen-bond acceptors (Lipinski definition) is 2. The molecule has 0 aromatic carbocycles. The highest BCUT2D eigenvalue weighted by atomic mass is 19.4. The Balaban J connectivity index is 2.34. The van der Waals surface area contributed by atoms with Crippen LogP contribution in [-0.2, 0) is 4.79 Å². The first-order chi connectivity index (χ1) is 9.34. The Morgan fingerprint density at radius 2 is 1.95 bits per heavy atom. The Morgan fingerprint density at radius 3 is 2.55 bits per heavy atom. The highest BCUT2D eigenvalue weighted by Crippen LogP contribution is 2.37. The van der Waals surface area contributed by atoms with Crippen LogP contribution in [0.3, 0.4) is 0 Å². The molecular weight excluding hydrogens is 269 g/mol. The molecular formula is C14H25F3N2O. The van der Waals surface area contributed by atoms with Crippen LogP contribution in [-0.4, -0.2) is 30.7 Å². The van der Waals surface area contributed by atoms with Gasteiger partial charge in [-0.05, 0) is 26.2 Å². The van der Waals surface area contributed by atoms with E-state index in [0.29, 0.717) is 19.4 Å². The lowest BCUT2D eigenvalue weighted by Gasteiger charge is -2.33. The quantitative estimate of drug-likeness (QED) is 0.790. The average molecular weight is 294 g/mol. The van der Waals surface area contributed by atoms with Crippen LogP contribution in [0, 0.1) is 5.92 Å². The monoisotopic (exact) mass is 294 g/mol. The van der Waals surface area contributed by atoms with E-state index in [1.165, 1.54) is 0 Å². The fraction of sp³-hybridized carbons (Fsp3) is 0.929. The molecule has 3 unspecified atom stereocenters. The Bertz CT molecular complexity index is 307. The minimum atomic E-state index is -4.14. The van der Waals surface area contributed by atoms with Crippen molar-refractivity contribution >= 4 is 5.91 Å². The highest BCUT2D eigenvalue weighted by molar-refractivity contribution is 5.76. The Kier molecular flexibility index (Phi) is 6.79. The van der Waals surface area contributed by atoms with Gasteiger partial charge in [0.15, 0.2) is 0 Å². The molecule has 6 heteroatoms. The second-order valence-electron chi connectivity index (χ2n) is 5.62.